The number of sulfonamides is 1. The van der Waals surface area contributed by atoms with Crippen LogP contribution in [-0.4, -0.2) is 13.0 Å². The molecular weight excluding hydrogens is 440 g/mol. The van der Waals surface area contributed by atoms with Crippen LogP contribution in [0.15, 0.2) is 43.4 Å². The molecule has 0 amide bonds. The second kappa shape index (κ2) is 6.42. The third kappa shape index (κ3) is 3.39. The molecule has 0 fully saturated rings. The molecule has 0 saturated heterocycles. The van der Waals surface area contributed by atoms with Crippen molar-refractivity contribution in [1.29, 1.82) is 0 Å². The van der Waals surface area contributed by atoms with E-state index in [9.17, 15) is 8.42 Å². The van der Waals surface area contributed by atoms with Gasteiger partial charge in [-0.2, -0.15) is 8.42 Å². The van der Waals surface area contributed by atoms with E-state index in [-0.39, 0.29) is 10.8 Å². The molecule has 0 N–H and O–H groups in total. The molecular formula is C14H8BrClN2O2S3. The number of benzene rings is 1. The zero-order valence-electron chi connectivity index (χ0n) is 11.4. The summed E-state index contributed by atoms with van der Waals surface area (Å²) in [6.45, 7) is 0.237. The quantitative estimate of drug-likeness (QED) is 0.568. The molecule has 1 aromatic carbocycles. The van der Waals surface area contributed by atoms with E-state index in [4.69, 9.17) is 18.0 Å². The number of terminal acetylenes is 1. The Balaban J connectivity index is 2.26. The molecule has 2 aromatic heterocycles. The van der Waals surface area contributed by atoms with Crippen LogP contribution in [-0.2, 0) is 16.6 Å². The fourth-order valence-corrected chi connectivity index (χ4v) is 6.19. The van der Waals surface area contributed by atoms with Gasteiger partial charge in [0, 0.05) is 4.47 Å². The SMILES string of the molecule is C#CCn1/c(=N/S(=O)(=O)c2ccc(Cl)s2)sc2cc(Br)ccc21. The maximum Gasteiger partial charge on any atom is 0.294 e. The zero-order chi connectivity index (χ0) is 16.6. The van der Waals surface area contributed by atoms with Crippen molar-refractivity contribution in [3.8, 4) is 12.3 Å². The van der Waals surface area contributed by atoms with Crippen LogP contribution >= 0.6 is 50.2 Å². The van der Waals surface area contributed by atoms with Crippen molar-refractivity contribution in [3.05, 3.63) is 43.9 Å². The van der Waals surface area contributed by atoms with Gasteiger partial charge in [0.05, 0.1) is 21.1 Å². The van der Waals surface area contributed by atoms with Gasteiger partial charge in [-0.1, -0.05) is 44.8 Å². The lowest BCUT2D eigenvalue weighted by Crippen LogP contribution is -2.16. The summed E-state index contributed by atoms with van der Waals surface area (Å²) in [5, 5.41) is 0. The molecule has 0 atom stereocenters. The predicted molar refractivity (Wildman–Crippen MR) is 98.4 cm³/mol. The summed E-state index contributed by atoms with van der Waals surface area (Å²) in [6.07, 6.45) is 5.41. The minimum Gasteiger partial charge on any atom is -0.304 e. The highest BCUT2D eigenvalue weighted by molar-refractivity contribution is 9.10. The molecule has 0 bridgehead atoms. The predicted octanol–water partition coefficient (Wildman–Crippen LogP) is 4.10. The Labute approximate surface area is 154 Å². The van der Waals surface area contributed by atoms with Gasteiger partial charge in [-0.05, 0) is 30.3 Å². The highest BCUT2D eigenvalue weighted by Gasteiger charge is 2.17. The molecule has 0 aliphatic carbocycles. The Bertz CT molecular complexity index is 1100. The van der Waals surface area contributed by atoms with Gasteiger partial charge < -0.3 is 4.57 Å². The lowest BCUT2D eigenvalue weighted by molar-refractivity contribution is 0.598. The number of thiazole rings is 1. The van der Waals surface area contributed by atoms with Crippen molar-refractivity contribution in [2.24, 2.45) is 4.40 Å². The first-order valence-corrected chi connectivity index (χ1v) is 10.4. The molecule has 0 radical (unpaired) electrons. The number of halogens is 2. The van der Waals surface area contributed by atoms with Crippen LogP contribution in [0.2, 0.25) is 4.34 Å². The molecule has 0 unspecified atom stereocenters. The maximum atomic E-state index is 12.4. The van der Waals surface area contributed by atoms with Crippen LogP contribution in [0.1, 0.15) is 0 Å². The van der Waals surface area contributed by atoms with Crippen molar-refractivity contribution >= 4 is 70.4 Å². The highest BCUT2D eigenvalue weighted by Crippen LogP contribution is 2.27. The molecule has 3 rings (SSSR count). The Morgan fingerprint density at radius 2 is 2.09 bits per heavy atom. The van der Waals surface area contributed by atoms with Crippen molar-refractivity contribution < 1.29 is 8.42 Å². The van der Waals surface area contributed by atoms with Crippen LogP contribution in [0.25, 0.3) is 10.2 Å². The third-order valence-electron chi connectivity index (χ3n) is 2.90. The van der Waals surface area contributed by atoms with E-state index in [1.54, 1.807) is 4.57 Å². The number of thiophene rings is 1. The Kier molecular flexibility index (Phi) is 4.67. The van der Waals surface area contributed by atoms with Crippen LogP contribution in [0, 0.1) is 12.3 Å². The zero-order valence-corrected chi connectivity index (χ0v) is 16.2. The van der Waals surface area contributed by atoms with Crippen LogP contribution in [0.5, 0.6) is 0 Å². The third-order valence-corrected chi connectivity index (χ3v) is 7.51. The average molecular weight is 448 g/mol. The Morgan fingerprint density at radius 1 is 1.30 bits per heavy atom. The van der Waals surface area contributed by atoms with Gasteiger partial charge in [0.25, 0.3) is 10.0 Å². The summed E-state index contributed by atoms with van der Waals surface area (Å²) in [6, 6.07) is 8.63. The number of hydrogen-bond acceptors (Lipinski definition) is 4. The fourth-order valence-electron chi connectivity index (χ4n) is 1.95. The Hall–Kier alpha value is -1.11. The normalized spacial score (nSPS) is 12.7. The first-order chi connectivity index (χ1) is 10.9. The smallest absolute Gasteiger partial charge is 0.294 e. The number of nitrogens with zero attached hydrogens (tertiary/aromatic N) is 2. The lowest BCUT2D eigenvalue weighted by atomic mass is 10.3. The van der Waals surface area contributed by atoms with E-state index < -0.39 is 10.0 Å². The summed E-state index contributed by atoms with van der Waals surface area (Å²) < 4.78 is 32.8. The standard InChI is InChI=1S/C14H8BrClN2O2S3/c1-2-7-18-10-4-3-9(15)8-11(10)21-14(18)17-23(19,20)13-6-5-12(16)22-13/h1,3-6,8H,7H2/b17-14-. The molecule has 0 spiro atoms. The highest BCUT2D eigenvalue weighted by atomic mass is 79.9. The summed E-state index contributed by atoms with van der Waals surface area (Å²) in [7, 11) is -3.82. The van der Waals surface area contributed by atoms with E-state index in [0.717, 1.165) is 26.0 Å². The van der Waals surface area contributed by atoms with E-state index in [1.165, 1.54) is 23.5 Å². The van der Waals surface area contributed by atoms with Crippen LogP contribution in [0.4, 0.5) is 0 Å². The van der Waals surface area contributed by atoms with Crippen LogP contribution < -0.4 is 4.80 Å². The summed E-state index contributed by atoms with van der Waals surface area (Å²) in [5.74, 6) is 2.53. The summed E-state index contributed by atoms with van der Waals surface area (Å²) in [4.78, 5) is 0.334. The second-order valence-corrected chi connectivity index (χ2v) is 9.88. The summed E-state index contributed by atoms with van der Waals surface area (Å²) >= 11 is 11.5. The number of aromatic nitrogens is 1. The van der Waals surface area contributed by atoms with Crippen molar-refractivity contribution in [2.45, 2.75) is 10.8 Å². The minimum absolute atomic E-state index is 0.105. The number of fused-ring (bicyclic) bond motifs is 1. The largest absolute Gasteiger partial charge is 0.304 e. The Morgan fingerprint density at radius 3 is 2.74 bits per heavy atom. The molecule has 9 heteroatoms. The monoisotopic (exact) mass is 446 g/mol. The van der Waals surface area contributed by atoms with Gasteiger partial charge in [-0.15, -0.1) is 22.2 Å². The van der Waals surface area contributed by atoms with Crippen molar-refractivity contribution in [2.75, 3.05) is 0 Å². The number of rotatable bonds is 3. The van der Waals surface area contributed by atoms with Gasteiger partial charge in [0.2, 0.25) is 4.80 Å². The topological polar surface area (TPSA) is 51.4 Å². The molecule has 4 nitrogen and oxygen atoms in total. The van der Waals surface area contributed by atoms with Crippen molar-refractivity contribution in [1.82, 2.24) is 4.57 Å². The van der Waals surface area contributed by atoms with Crippen molar-refractivity contribution in [3.63, 3.8) is 0 Å². The minimum atomic E-state index is -3.82. The average Bonchev–Trinajstić information content (AvgIpc) is 3.04. The fraction of sp³-hybridized carbons (Fsp3) is 0.0714. The second-order valence-electron chi connectivity index (χ2n) is 4.41. The molecule has 2 heterocycles. The molecule has 0 aliphatic rings. The first kappa shape index (κ1) is 16.7. The van der Waals surface area contributed by atoms with Gasteiger partial charge in [-0.25, -0.2) is 0 Å². The molecule has 23 heavy (non-hydrogen) atoms. The van der Waals surface area contributed by atoms with Gasteiger partial charge >= 0.3 is 0 Å². The van der Waals surface area contributed by atoms with E-state index in [0.29, 0.717) is 9.14 Å². The van der Waals surface area contributed by atoms with Crippen LogP contribution in [0.3, 0.4) is 0 Å². The van der Waals surface area contributed by atoms with Gasteiger partial charge in [0.1, 0.15) is 4.21 Å². The van der Waals surface area contributed by atoms with E-state index in [1.807, 2.05) is 18.2 Å². The first-order valence-electron chi connectivity index (χ1n) is 6.19. The van der Waals surface area contributed by atoms with Gasteiger partial charge in [0.15, 0.2) is 0 Å². The molecule has 0 aliphatic heterocycles. The van der Waals surface area contributed by atoms with E-state index >= 15 is 0 Å². The summed E-state index contributed by atoms with van der Waals surface area (Å²) in [5.41, 5.74) is 0.842. The molecule has 0 saturated carbocycles. The molecule has 118 valence electrons. The maximum absolute atomic E-state index is 12.4. The number of hydrogen-bond donors (Lipinski definition) is 0. The van der Waals surface area contributed by atoms with Gasteiger partial charge in [-0.3, -0.25) is 0 Å². The molecule has 3 aromatic rings. The van der Waals surface area contributed by atoms with E-state index in [2.05, 4.69) is 26.2 Å². The lowest BCUT2D eigenvalue weighted by Gasteiger charge is -1.99.